The van der Waals surface area contributed by atoms with Crippen LogP contribution in [0.3, 0.4) is 0 Å². The maximum atomic E-state index is 5.81. The van der Waals surface area contributed by atoms with E-state index in [2.05, 4.69) is 22.5 Å². The number of benzene rings is 1. The number of nitrogens with two attached hydrogens (primary N) is 1. The Morgan fingerprint density at radius 3 is 3.06 bits per heavy atom. The van der Waals surface area contributed by atoms with Gasteiger partial charge in [-0.15, -0.1) is 0 Å². The van der Waals surface area contributed by atoms with Crippen molar-refractivity contribution >= 4 is 28.8 Å². The molecule has 0 saturated carbocycles. The monoisotopic (exact) mass is 243 g/mol. The van der Waals surface area contributed by atoms with Crippen LogP contribution in [0.4, 0.5) is 11.4 Å². The molecule has 0 fully saturated rings. The minimum atomic E-state index is 0.804. The fraction of sp³-hybridized carbons (Fsp3) is 0.154. The third-order valence-electron chi connectivity index (χ3n) is 2.88. The molecule has 3 rings (SSSR count). The van der Waals surface area contributed by atoms with Crippen LogP contribution in [-0.2, 0) is 0 Å². The van der Waals surface area contributed by atoms with E-state index in [4.69, 9.17) is 5.73 Å². The highest BCUT2D eigenvalue weighted by molar-refractivity contribution is 8.03. The molecule has 2 aliphatic rings. The van der Waals surface area contributed by atoms with Crippen molar-refractivity contribution in [2.75, 3.05) is 18.1 Å². The van der Waals surface area contributed by atoms with Gasteiger partial charge < -0.3 is 11.1 Å². The third-order valence-corrected chi connectivity index (χ3v) is 4.05. The number of rotatable bonds is 0. The summed E-state index contributed by atoms with van der Waals surface area (Å²) in [6.45, 7) is 0. The molecule has 3 nitrogen and oxygen atoms in total. The lowest BCUT2D eigenvalue weighted by atomic mass is 10.1. The molecule has 4 heteroatoms. The van der Waals surface area contributed by atoms with Gasteiger partial charge in [0.15, 0.2) is 0 Å². The molecule has 0 amide bonds. The largest absolute Gasteiger partial charge is 0.399 e. The molecule has 0 spiro atoms. The maximum absolute atomic E-state index is 5.81. The van der Waals surface area contributed by atoms with Crippen LogP contribution in [0.5, 0.6) is 0 Å². The van der Waals surface area contributed by atoms with Crippen LogP contribution in [-0.4, -0.2) is 12.8 Å². The molecule has 1 aromatic carbocycles. The van der Waals surface area contributed by atoms with E-state index in [1.165, 1.54) is 15.5 Å². The van der Waals surface area contributed by atoms with Gasteiger partial charge in [-0.3, -0.25) is 4.99 Å². The first kappa shape index (κ1) is 10.5. The van der Waals surface area contributed by atoms with Gasteiger partial charge in [0.1, 0.15) is 0 Å². The van der Waals surface area contributed by atoms with Gasteiger partial charge in [0.05, 0.1) is 5.69 Å². The zero-order valence-corrected chi connectivity index (χ0v) is 10.3. The minimum Gasteiger partial charge on any atom is -0.399 e. The number of aliphatic imine (C=N–C) groups is 1. The number of thioether (sulfide) groups is 1. The summed E-state index contributed by atoms with van der Waals surface area (Å²) in [5, 5.41) is 3.43. The van der Waals surface area contributed by atoms with Gasteiger partial charge in [-0.05, 0) is 30.4 Å². The number of nitrogen functional groups attached to an aromatic ring is 1. The lowest BCUT2D eigenvalue weighted by molar-refractivity contribution is 1.25. The number of allylic oxidation sites excluding steroid dienone is 3. The average Bonchev–Trinajstić information content (AvgIpc) is 2.35. The van der Waals surface area contributed by atoms with E-state index < -0.39 is 0 Å². The molecule has 1 aromatic rings. The van der Waals surface area contributed by atoms with Gasteiger partial charge in [-0.2, -0.15) is 0 Å². The molecule has 0 radical (unpaired) electrons. The van der Waals surface area contributed by atoms with Crippen LogP contribution < -0.4 is 11.1 Å². The van der Waals surface area contributed by atoms with Crippen molar-refractivity contribution in [1.29, 1.82) is 0 Å². The molecule has 17 heavy (non-hydrogen) atoms. The van der Waals surface area contributed by atoms with E-state index in [1.807, 2.05) is 25.2 Å². The molecule has 1 heterocycles. The predicted octanol–water partition coefficient (Wildman–Crippen LogP) is 3.03. The van der Waals surface area contributed by atoms with Crippen molar-refractivity contribution in [2.45, 2.75) is 11.3 Å². The van der Waals surface area contributed by atoms with E-state index >= 15 is 0 Å². The van der Waals surface area contributed by atoms with Crippen molar-refractivity contribution in [1.82, 2.24) is 0 Å². The van der Waals surface area contributed by atoms with Crippen LogP contribution in [0.1, 0.15) is 6.42 Å². The number of fused-ring (bicyclic) bond motifs is 1. The summed E-state index contributed by atoms with van der Waals surface area (Å²) < 4.78 is 0. The van der Waals surface area contributed by atoms with E-state index in [0.29, 0.717) is 0 Å². The number of hydrogen-bond acceptors (Lipinski definition) is 4. The average molecular weight is 243 g/mol. The van der Waals surface area contributed by atoms with Gasteiger partial charge >= 0.3 is 0 Å². The van der Waals surface area contributed by atoms with Crippen molar-refractivity contribution in [3.05, 3.63) is 41.0 Å². The van der Waals surface area contributed by atoms with Crippen LogP contribution in [0.2, 0.25) is 0 Å². The molecule has 0 bridgehead atoms. The molecular formula is C13H13N3S. The molecule has 1 aliphatic carbocycles. The highest BCUT2D eigenvalue weighted by Crippen LogP contribution is 2.43. The highest BCUT2D eigenvalue weighted by Gasteiger charge is 2.20. The molecular weight excluding hydrogens is 230 g/mol. The number of anilines is 2. The lowest BCUT2D eigenvalue weighted by Crippen LogP contribution is -2.12. The summed E-state index contributed by atoms with van der Waals surface area (Å²) in [5.74, 6) is 0. The zero-order chi connectivity index (χ0) is 11.8. The second-order valence-corrected chi connectivity index (χ2v) is 5.18. The van der Waals surface area contributed by atoms with Crippen LogP contribution in [0.15, 0.2) is 50.8 Å². The second kappa shape index (κ2) is 3.96. The zero-order valence-electron chi connectivity index (χ0n) is 9.53. The predicted molar refractivity (Wildman–Crippen MR) is 74.5 cm³/mol. The fourth-order valence-corrected chi connectivity index (χ4v) is 3.09. The Hall–Kier alpha value is -1.68. The van der Waals surface area contributed by atoms with Gasteiger partial charge in [0, 0.05) is 40.4 Å². The molecule has 0 aromatic heterocycles. The van der Waals surface area contributed by atoms with Gasteiger partial charge in [0.25, 0.3) is 0 Å². The number of nitrogens with zero attached hydrogens (tertiary/aromatic N) is 1. The minimum absolute atomic E-state index is 0.804. The van der Waals surface area contributed by atoms with Gasteiger partial charge in [0.2, 0.25) is 0 Å². The number of hydrogen-bond donors (Lipinski definition) is 2. The summed E-state index contributed by atoms with van der Waals surface area (Å²) >= 11 is 1.78. The molecule has 0 unspecified atom stereocenters. The maximum Gasteiger partial charge on any atom is 0.0527 e. The van der Waals surface area contributed by atoms with Gasteiger partial charge in [-0.25, -0.2) is 0 Å². The lowest BCUT2D eigenvalue weighted by Gasteiger charge is -2.25. The van der Waals surface area contributed by atoms with Gasteiger partial charge in [-0.1, -0.05) is 11.8 Å². The SMILES string of the molecule is CN=C1C=CC2=C(C1)Sc1cc(N)ccc1N2. The van der Waals surface area contributed by atoms with Crippen molar-refractivity contribution < 1.29 is 0 Å². The first-order chi connectivity index (χ1) is 8.26. The second-order valence-electron chi connectivity index (χ2n) is 4.04. The van der Waals surface area contributed by atoms with E-state index in [1.54, 1.807) is 11.8 Å². The Morgan fingerprint density at radius 1 is 1.35 bits per heavy atom. The molecule has 3 N–H and O–H groups in total. The Bertz CT molecular complexity index is 570. The quantitative estimate of drug-likeness (QED) is 0.689. The van der Waals surface area contributed by atoms with Crippen molar-refractivity contribution in [2.24, 2.45) is 4.99 Å². The van der Waals surface area contributed by atoms with Crippen LogP contribution in [0.25, 0.3) is 0 Å². The standard InChI is InChI=1S/C13H13N3S/c1-15-9-3-5-11-13(7-9)17-12-6-8(14)2-4-10(12)16-11/h2-6,16H,7,14H2,1H3. The van der Waals surface area contributed by atoms with E-state index in [0.717, 1.165) is 23.5 Å². The normalized spacial score (nSPS) is 19.9. The Labute approximate surface area is 105 Å². The van der Waals surface area contributed by atoms with Crippen LogP contribution >= 0.6 is 11.8 Å². The topological polar surface area (TPSA) is 50.4 Å². The first-order valence-corrected chi connectivity index (χ1v) is 6.29. The molecule has 0 atom stereocenters. The van der Waals surface area contributed by atoms with E-state index in [9.17, 15) is 0 Å². The first-order valence-electron chi connectivity index (χ1n) is 5.47. The summed E-state index contributed by atoms with van der Waals surface area (Å²) in [5.41, 5.74) is 10.0. The van der Waals surface area contributed by atoms with Crippen molar-refractivity contribution in [3.8, 4) is 0 Å². The number of nitrogens with one attached hydrogen (secondary N) is 1. The smallest absolute Gasteiger partial charge is 0.0527 e. The molecule has 86 valence electrons. The summed E-state index contributed by atoms with van der Waals surface area (Å²) in [6.07, 6.45) is 5.05. The molecule has 1 aliphatic heterocycles. The summed E-state index contributed by atoms with van der Waals surface area (Å²) in [4.78, 5) is 6.74. The fourth-order valence-electron chi connectivity index (χ4n) is 1.95. The Kier molecular flexibility index (Phi) is 2.44. The summed E-state index contributed by atoms with van der Waals surface area (Å²) in [7, 11) is 1.83. The Morgan fingerprint density at radius 2 is 2.24 bits per heavy atom. The van der Waals surface area contributed by atoms with Crippen molar-refractivity contribution in [3.63, 3.8) is 0 Å². The highest BCUT2D eigenvalue weighted by atomic mass is 32.2. The summed E-state index contributed by atoms with van der Waals surface area (Å²) in [6, 6.07) is 5.96. The van der Waals surface area contributed by atoms with Crippen LogP contribution in [0, 0.1) is 0 Å². The Balaban J connectivity index is 1.98. The molecule has 0 saturated heterocycles. The third kappa shape index (κ3) is 1.85. The van der Waals surface area contributed by atoms with E-state index in [-0.39, 0.29) is 0 Å².